The summed E-state index contributed by atoms with van der Waals surface area (Å²) in [6.45, 7) is 1.24. The average molecular weight is 413 g/mol. The Hall–Kier alpha value is -2.48. The van der Waals surface area contributed by atoms with E-state index in [1.807, 2.05) is 4.90 Å². The molecule has 3 rings (SSSR count). The maximum atomic E-state index is 13.5. The van der Waals surface area contributed by atoms with E-state index in [9.17, 15) is 26.7 Å². The zero-order valence-electron chi connectivity index (χ0n) is 15.4. The minimum Gasteiger partial charge on any atom is -0.481 e. The van der Waals surface area contributed by atoms with Crippen LogP contribution in [0.2, 0.25) is 0 Å². The number of benzene rings is 2. The zero-order chi connectivity index (χ0) is 21.2. The van der Waals surface area contributed by atoms with Gasteiger partial charge in [-0.25, -0.2) is 8.78 Å². The molecule has 0 bridgehead atoms. The van der Waals surface area contributed by atoms with Gasteiger partial charge in [0.2, 0.25) is 0 Å². The third-order valence-electron chi connectivity index (χ3n) is 5.18. The van der Waals surface area contributed by atoms with Crippen LogP contribution in [-0.2, 0) is 17.5 Å². The van der Waals surface area contributed by atoms with Gasteiger partial charge in [0, 0.05) is 26.1 Å². The van der Waals surface area contributed by atoms with Gasteiger partial charge >= 0.3 is 12.1 Å². The highest BCUT2D eigenvalue weighted by atomic mass is 19.4. The van der Waals surface area contributed by atoms with Gasteiger partial charge in [0.25, 0.3) is 0 Å². The van der Waals surface area contributed by atoms with Crippen LogP contribution in [0.3, 0.4) is 0 Å². The molecule has 2 aromatic carbocycles. The van der Waals surface area contributed by atoms with Gasteiger partial charge in [-0.05, 0) is 53.6 Å². The standard InChI is InChI=1S/C21H20F5NO2/c22-18-6-1-13(8-19(18)23)10-27-11-14(9-20(28)29)7-16(12-27)15-2-4-17(5-3-15)21(24,25)26/h1-6,8,14,16H,7,9-12H2,(H,28,29)/t14-,16+/m0/s1. The largest absolute Gasteiger partial charge is 0.481 e. The predicted molar refractivity (Wildman–Crippen MR) is 96.2 cm³/mol. The molecule has 0 amide bonds. The zero-order valence-corrected chi connectivity index (χ0v) is 15.4. The second kappa shape index (κ2) is 8.49. The summed E-state index contributed by atoms with van der Waals surface area (Å²) in [6, 6.07) is 8.50. The normalized spacial score (nSPS) is 20.6. The summed E-state index contributed by atoms with van der Waals surface area (Å²) in [5.41, 5.74) is 0.507. The second-order valence-electron chi connectivity index (χ2n) is 7.46. The van der Waals surface area contributed by atoms with Gasteiger partial charge in [-0.2, -0.15) is 13.2 Å². The Morgan fingerprint density at radius 1 is 1.03 bits per heavy atom. The molecule has 1 heterocycles. The molecule has 1 saturated heterocycles. The van der Waals surface area contributed by atoms with Crippen LogP contribution in [-0.4, -0.2) is 29.1 Å². The molecule has 1 N–H and O–H groups in total. The van der Waals surface area contributed by atoms with Crippen LogP contribution in [0.5, 0.6) is 0 Å². The van der Waals surface area contributed by atoms with E-state index in [1.54, 1.807) is 0 Å². The van der Waals surface area contributed by atoms with E-state index >= 15 is 0 Å². The van der Waals surface area contributed by atoms with Crippen molar-refractivity contribution in [1.29, 1.82) is 0 Å². The molecular formula is C21H20F5NO2. The van der Waals surface area contributed by atoms with Crippen LogP contribution < -0.4 is 0 Å². The van der Waals surface area contributed by atoms with Gasteiger partial charge in [-0.1, -0.05) is 18.2 Å². The van der Waals surface area contributed by atoms with Crippen LogP contribution in [0, 0.1) is 17.6 Å². The van der Waals surface area contributed by atoms with Crippen molar-refractivity contribution in [2.45, 2.75) is 31.5 Å². The lowest BCUT2D eigenvalue weighted by Gasteiger charge is -2.38. The van der Waals surface area contributed by atoms with Crippen molar-refractivity contribution >= 4 is 5.97 Å². The third-order valence-corrected chi connectivity index (χ3v) is 5.18. The van der Waals surface area contributed by atoms with Crippen molar-refractivity contribution in [1.82, 2.24) is 4.90 Å². The Kier molecular flexibility index (Phi) is 6.21. The van der Waals surface area contributed by atoms with E-state index in [-0.39, 0.29) is 18.3 Å². The van der Waals surface area contributed by atoms with Gasteiger partial charge < -0.3 is 5.11 Å². The fourth-order valence-electron chi connectivity index (χ4n) is 3.91. The van der Waals surface area contributed by atoms with Crippen molar-refractivity contribution in [3.8, 4) is 0 Å². The maximum Gasteiger partial charge on any atom is 0.416 e. The molecular weight excluding hydrogens is 393 g/mol. The molecule has 0 unspecified atom stereocenters. The van der Waals surface area contributed by atoms with E-state index in [4.69, 9.17) is 5.11 Å². The van der Waals surface area contributed by atoms with E-state index in [1.165, 1.54) is 18.2 Å². The van der Waals surface area contributed by atoms with Crippen LogP contribution in [0.25, 0.3) is 0 Å². The van der Waals surface area contributed by atoms with Crippen molar-refractivity contribution in [2.75, 3.05) is 13.1 Å². The van der Waals surface area contributed by atoms with Gasteiger partial charge in [-0.15, -0.1) is 0 Å². The number of carboxylic acid groups (broad SMARTS) is 1. The molecule has 2 aromatic rings. The molecule has 1 aliphatic heterocycles. The Labute approximate surface area is 164 Å². The molecule has 0 aromatic heterocycles. The number of hydrogen-bond acceptors (Lipinski definition) is 2. The summed E-state index contributed by atoms with van der Waals surface area (Å²) in [7, 11) is 0. The topological polar surface area (TPSA) is 40.5 Å². The van der Waals surface area contributed by atoms with E-state index in [2.05, 4.69) is 0 Å². The maximum absolute atomic E-state index is 13.5. The molecule has 0 spiro atoms. The number of carbonyl (C=O) groups is 1. The quantitative estimate of drug-likeness (QED) is 0.697. The molecule has 0 radical (unpaired) electrons. The summed E-state index contributed by atoms with van der Waals surface area (Å²) in [6.07, 6.45) is -3.95. The third kappa shape index (κ3) is 5.53. The van der Waals surface area contributed by atoms with Gasteiger partial charge in [0.05, 0.1) is 5.56 Å². The average Bonchev–Trinajstić information content (AvgIpc) is 2.63. The number of piperidine rings is 1. The number of hydrogen-bond donors (Lipinski definition) is 1. The summed E-state index contributed by atoms with van der Waals surface area (Å²) in [5.74, 6) is -3.20. The second-order valence-corrected chi connectivity index (χ2v) is 7.46. The minimum atomic E-state index is -4.42. The molecule has 156 valence electrons. The molecule has 29 heavy (non-hydrogen) atoms. The van der Waals surface area contributed by atoms with E-state index in [0.717, 1.165) is 24.3 Å². The first-order valence-electron chi connectivity index (χ1n) is 9.17. The number of likely N-dealkylation sites (tertiary alicyclic amines) is 1. The van der Waals surface area contributed by atoms with Gasteiger partial charge in [0.1, 0.15) is 0 Å². The fraction of sp³-hybridized carbons (Fsp3) is 0.381. The first-order chi connectivity index (χ1) is 13.6. The van der Waals surface area contributed by atoms with Gasteiger partial charge in [0.15, 0.2) is 11.6 Å². The lowest BCUT2D eigenvalue weighted by molar-refractivity contribution is -0.139. The van der Waals surface area contributed by atoms with Crippen molar-refractivity contribution < 1.29 is 31.9 Å². The molecule has 3 nitrogen and oxygen atoms in total. The molecule has 1 fully saturated rings. The highest BCUT2D eigenvalue weighted by molar-refractivity contribution is 5.67. The number of nitrogens with zero attached hydrogens (tertiary/aromatic N) is 1. The van der Waals surface area contributed by atoms with Crippen molar-refractivity contribution in [3.05, 3.63) is 70.8 Å². The molecule has 8 heteroatoms. The lowest BCUT2D eigenvalue weighted by Crippen LogP contribution is -2.39. The number of aliphatic carboxylic acids is 1. The Bertz CT molecular complexity index is 866. The first-order valence-corrected chi connectivity index (χ1v) is 9.17. The van der Waals surface area contributed by atoms with Crippen LogP contribution in [0.15, 0.2) is 42.5 Å². The smallest absolute Gasteiger partial charge is 0.416 e. The molecule has 1 aliphatic rings. The number of carboxylic acids is 1. The fourth-order valence-corrected chi connectivity index (χ4v) is 3.91. The minimum absolute atomic E-state index is 0.0641. The summed E-state index contributed by atoms with van der Waals surface area (Å²) < 4.78 is 65.0. The summed E-state index contributed by atoms with van der Waals surface area (Å²) in [5, 5.41) is 9.16. The lowest BCUT2D eigenvalue weighted by atomic mass is 9.82. The van der Waals surface area contributed by atoms with E-state index < -0.39 is 29.3 Å². The van der Waals surface area contributed by atoms with E-state index in [0.29, 0.717) is 37.2 Å². The van der Waals surface area contributed by atoms with Crippen LogP contribution >= 0.6 is 0 Å². The predicted octanol–water partition coefficient (Wildman–Crippen LogP) is 5.06. The molecule has 0 saturated carbocycles. The Morgan fingerprint density at radius 3 is 2.31 bits per heavy atom. The Balaban J connectivity index is 1.79. The Morgan fingerprint density at radius 2 is 1.72 bits per heavy atom. The highest BCUT2D eigenvalue weighted by Gasteiger charge is 2.32. The highest BCUT2D eigenvalue weighted by Crippen LogP contribution is 2.35. The SMILES string of the molecule is O=C(O)C[C@@H]1C[C@@H](c2ccc(C(F)(F)F)cc2)CN(Cc2ccc(F)c(F)c2)C1. The van der Waals surface area contributed by atoms with Crippen LogP contribution in [0.1, 0.15) is 35.4 Å². The number of rotatable bonds is 5. The summed E-state index contributed by atoms with van der Waals surface area (Å²) >= 11 is 0. The van der Waals surface area contributed by atoms with Crippen LogP contribution in [0.4, 0.5) is 22.0 Å². The monoisotopic (exact) mass is 413 g/mol. The van der Waals surface area contributed by atoms with Crippen molar-refractivity contribution in [3.63, 3.8) is 0 Å². The molecule has 2 atom stereocenters. The summed E-state index contributed by atoms with van der Waals surface area (Å²) in [4.78, 5) is 13.1. The number of halogens is 5. The van der Waals surface area contributed by atoms with Crippen molar-refractivity contribution in [2.24, 2.45) is 5.92 Å². The molecule has 0 aliphatic carbocycles. The van der Waals surface area contributed by atoms with Gasteiger partial charge in [-0.3, -0.25) is 9.69 Å². The number of alkyl halides is 3. The first kappa shape index (κ1) is 21.2.